The zero-order chi connectivity index (χ0) is 24.3. The van der Waals surface area contributed by atoms with E-state index < -0.39 is 6.04 Å². The molecule has 1 aromatic rings. The molecule has 1 unspecified atom stereocenters. The van der Waals surface area contributed by atoms with Gasteiger partial charge in [-0.2, -0.15) is 0 Å². The van der Waals surface area contributed by atoms with E-state index in [9.17, 15) is 14.4 Å². The third-order valence-corrected chi connectivity index (χ3v) is 5.70. The van der Waals surface area contributed by atoms with Gasteiger partial charge in [-0.05, 0) is 43.5 Å². The van der Waals surface area contributed by atoms with Gasteiger partial charge in [0.1, 0.15) is 6.04 Å². The summed E-state index contributed by atoms with van der Waals surface area (Å²) in [5.74, 6) is -0.486. The van der Waals surface area contributed by atoms with Crippen LogP contribution in [0.5, 0.6) is 0 Å². The van der Waals surface area contributed by atoms with E-state index in [1.807, 2.05) is 13.0 Å². The Labute approximate surface area is 199 Å². The highest BCUT2D eigenvalue weighted by Crippen LogP contribution is 2.30. The molecule has 34 heavy (non-hydrogen) atoms. The fraction of sp³-hybridized carbons (Fsp3) is 0.542. The first-order chi connectivity index (χ1) is 16.5. The number of nitrogens with two attached hydrogens (primary N) is 1. The molecule has 3 amide bonds. The molecule has 1 aromatic carbocycles. The Morgan fingerprint density at radius 3 is 2.53 bits per heavy atom. The van der Waals surface area contributed by atoms with E-state index in [0.717, 1.165) is 17.7 Å². The molecule has 0 aliphatic carbocycles. The average molecular weight is 475 g/mol. The van der Waals surface area contributed by atoms with E-state index in [2.05, 4.69) is 10.6 Å². The van der Waals surface area contributed by atoms with Crippen LogP contribution in [0.4, 0.5) is 5.69 Å². The molecule has 4 N–H and O–H groups in total. The number of hydrogen-bond donors (Lipinski definition) is 3. The molecule has 0 radical (unpaired) electrons. The molecule has 1 fully saturated rings. The monoisotopic (exact) mass is 474 g/mol. The lowest BCUT2D eigenvalue weighted by atomic mass is 10.0. The van der Waals surface area contributed by atoms with Gasteiger partial charge in [0.15, 0.2) is 0 Å². The van der Waals surface area contributed by atoms with Crippen LogP contribution < -0.4 is 16.4 Å². The molecule has 2 aliphatic heterocycles. The third-order valence-electron chi connectivity index (χ3n) is 5.70. The fourth-order valence-electron chi connectivity index (χ4n) is 3.93. The highest BCUT2D eigenvalue weighted by molar-refractivity contribution is 6.02. The molecule has 0 saturated carbocycles. The summed E-state index contributed by atoms with van der Waals surface area (Å²) >= 11 is 0. The Balaban J connectivity index is 1.39. The number of nitrogens with zero attached hydrogens (tertiary/aromatic N) is 1. The van der Waals surface area contributed by atoms with Crippen molar-refractivity contribution in [1.82, 2.24) is 10.2 Å². The summed E-state index contributed by atoms with van der Waals surface area (Å²) in [6.07, 6.45) is 3.41. The van der Waals surface area contributed by atoms with Crippen molar-refractivity contribution in [3.8, 4) is 0 Å². The molecule has 2 aliphatic rings. The van der Waals surface area contributed by atoms with Crippen molar-refractivity contribution in [3.63, 3.8) is 0 Å². The molecule has 10 nitrogen and oxygen atoms in total. The zero-order valence-electron chi connectivity index (χ0n) is 19.6. The van der Waals surface area contributed by atoms with Crippen LogP contribution in [0.1, 0.15) is 42.1 Å². The number of amides is 3. The van der Waals surface area contributed by atoms with Crippen molar-refractivity contribution in [2.45, 2.75) is 38.8 Å². The first-order valence-electron chi connectivity index (χ1n) is 11.7. The maximum absolute atomic E-state index is 12.8. The second-order valence-corrected chi connectivity index (χ2v) is 8.09. The lowest BCUT2D eigenvalue weighted by molar-refractivity contribution is -0.126. The maximum Gasteiger partial charge on any atom is 0.255 e. The molecule has 1 atom stereocenters. The number of carbonyl (C=O) groups excluding carboxylic acids is 3. The summed E-state index contributed by atoms with van der Waals surface area (Å²) in [6, 6.07) is 4.72. The standard InChI is InChI=1S/C24H34N4O6/c1-2-18-4-6-21(23(30)27-18)28-16-17-15-19(3-5-20(17)24(28)31)26-22(29)7-9-32-11-13-34-14-12-33-10-8-25/h2-3,5,15,21H,4,6-14,16,25H2,1H3,(H,26,29)(H,27,30)/b18-2-. The number of anilines is 1. The molecular formula is C24H34N4O6. The molecule has 0 bridgehead atoms. The van der Waals surface area contributed by atoms with Gasteiger partial charge in [0, 0.05) is 30.0 Å². The molecule has 1 saturated heterocycles. The first kappa shape index (κ1) is 25.8. The van der Waals surface area contributed by atoms with Crippen LogP contribution in [-0.2, 0) is 30.3 Å². The maximum atomic E-state index is 12.8. The van der Waals surface area contributed by atoms with Crippen molar-refractivity contribution >= 4 is 23.4 Å². The smallest absolute Gasteiger partial charge is 0.255 e. The van der Waals surface area contributed by atoms with Crippen LogP contribution in [0.25, 0.3) is 0 Å². The predicted molar refractivity (Wildman–Crippen MR) is 126 cm³/mol. The van der Waals surface area contributed by atoms with Gasteiger partial charge in [-0.25, -0.2) is 0 Å². The Bertz CT molecular complexity index is 903. The quantitative estimate of drug-likeness (QED) is 0.366. The normalized spacial score (nSPS) is 18.8. The molecular weight excluding hydrogens is 440 g/mol. The Morgan fingerprint density at radius 2 is 1.85 bits per heavy atom. The van der Waals surface area contributed by atoms with Crippen LogP contribution in [0.2, 0.25) is 0 Å². The number of rotatable bonds is 13. The number of nitrogens with one attached hydrogen (secondary N) is 2. The van der Waals surface area contributed by atoms with Crippen molar-refractivity contribution < 1.29 is 28.6 Å². The summed E-state index contributed by atoms with van der Waals surface area (Å²) < 4.78 is 16.0. The van der Waals surface area contributed by atoms with Crippen LogP contribution in [0.15, 0.2) is 30.0 Å². The van der Waals surface area contributed by atoms with Gasteiger partial charge in [-0.1, -0.05) is 6.08 Å². The molecule has 10 heteroatoms. The minimum absolute atomic E-state index is 0.153. The van der Waals surface area contributed by atoms with E-state index in [0.29, 0.717) is 63.8 Å². The minimum atomic E-state index is -0.485. The highest BCUT2D eigenvalue weighted by Gasteiger charge is 2.38. The zero-order valence-corrected chi connectivity index (χ0v) is 19.6. The number of piperidine rings is 1. The van der Waals surface area contributed by atoms with Gasteiger partial charge in [0.05, 0.1) is 46.1 Å². The summed E-state index contributed by atoms with van der Waals surface area (Å²) in [7, 11) is 0. The summed E-state index contributed by atoms with van der Waals surface area (Å²) in [4.78, 5) is 39.2. The minimum Gasteiger partial charge on any atom is -0.379 e. The number of fused-ring (bicyclic) bond motifs is 1. The van der Waals surface area contributed by atoms with Crippen LogP contribution in [0, 0.1) is 0 Å². The number of ether oxygens (including phenoxy) is 3. The molecule has 3 rings (SSSR count). The summed E-state index contributed by atoms with van der Waals surface area (Å²) in [5.41, 5.74) is 8.20. The topological polar surface area (TPSA) is 132 Å². The lowest BCUT2D eigenvalue weighted by Gasteiger charge is -2.31. The summed E-state index contributed by atoms with van der Waals surface area (Å²) in [5, 5.41) is 5.71. The van der Waals surface area contributed by atoms with Gasteiger partial charge in [-0.15, -0.1) is 0 Å². The SMILES string of the molecule is C/C=C1/CCC(N2Cc3cc(NC(=O)CCOCCOCCOCCN)ccc3C2=O)C(=O)N1. The average Bonchev–Trinajstić information content (AvgIpc) is 3.15. The van der Waals surface area contributed by atoms with E-state index in [1.165, 1.54) is 0 Å². The van der Waals surface area contributed by atoms with Crippen LogP contribution in [0.3, 0.4) is 0 Å². The molecule has 186 valence electrons. The van der Waals surface area contributed by atoms with Gasteiger partial charge < -0.3 is 35.5 Å². The molecule has 2 heterocycles. The number of carbonyl (C=O) groups is 3. The Kier molecular flexibility index (Phi) is 10.0. The van der Waals surface area contributed by atoms with Crippen molar-refractivity contribution in [3.05, 3.63) is 41.1 Å². The van der Waals surface area contributed by atoms with E-state index in [4.69, 9.17) is 19.9 Å². The van der Waals surface area contributed by atoms with Gasteiger partial charge in [-0.3, -0.25) is 14.4 Å². The second kappa shape index (κ2) is 13.2. The highest BCUT2D eigenvalue weighted by atomic mass is 16.5. The van der Waals surface area contributed by atoms with E-state index >= 15 is 0 Å². The van der Waals surface area contributed by atoms with Gasteiger partial charge in [0.2, 0.25) is 11.8 Å². The third kappa shape index (κ3) is 7.10. The van der Waals surface area contributed by atoms with Crippen LogP contribution in [-0.4, -0.2) is 74.8 Å². The van der Waals surface area contributed by atoms with Crippen LogP contribution >= 0.6 is 0 Å². The fourth-order valence-corrected chi connectivity index (χ4v) is 3.93. The molecule has 0 aromatic heterocycles. The Morgan fingerprint density at radius 1 is 1.15 bits per heavy atom. The van der Waals surface area contributed by atoms with Crippen molar-refractivity contribution in [1.29, 1.82) is 0 Å². The van der Waals surface area contributed by atoms with Crippen molar-refractivity contribution in [2.24, 2.45) is 5.73 Å². The van der Waals surface area contributed by atoms with E-state index in [1.54, 1.807) is 23.1 Å². The van der Waals surface area contributed by atoms with Gasteiger partial charge in [0.25, 0.3) is 5.91 Å². The predicted octanol–water partition coefficient (Wildman–Crippen LogP) is 1.16. The molecule has 0 spiro atoms. The first-order valence-corrected chi connectivity index (χ1v) is 11.7. The van der Waals surface area contributed by atoms with E-state index in [-0.39, 0.29) is 30.7 Å². The lowest BCUT2D eigenvalue weighted by Crippen LogP contribution is -2.49. The largest absolute Gasteiger partial charge is 0.379 e. The number of hydrogen-bond acceptors (Lipinski definition) is 7. The Hall–Kier alpha value is -2.79. The number of allylic oxidation sites excluding steroid dienone is 2. The van der Waals surface area contributed by atoms with Gasteiger partial charge >= 0.3 is 0 Å². The number of benzene rings is 1. The van der Waals surface area contributed by atoms with Crippen molar-refractivity contribution in [2.75, 3.05) is 51.5 Å². The second-order valence-electron chi connectivity index (χ2n) is 8.09. The summed E-state index contributed by atoms with van der Waals surface area (Å²) in [6.45, 7) is 5.31.